The van der Waals surface area contributed by atoms with E-state index in [1.807, 2.05) is 11.8 Å². The van der Waals surface area contributed by atoms with Crippen LogP contribution in [0.25, 0.3) is 0 Å². The molecular weight excluding hydrogens is 276 g/mol. The first kappa shape index (κ1) is 15.0. The van der Waals surface area contributed by atoms with Gasteiger partial charge in [-0.3, -0.25) is 4.79 Å². The summed E-state index contributed by atoms with van der Waals surface area (Å²) in [5.74, 6) is 1.51. The number of aromatic nitrogens is 2. The van der Waals surface area contributed by atoms with E-state index in [1.54, 1.807) is 0 Å². The third-order valence-electron chi connectivity index (χ3n) is 3.47. The number of likely N-dealkylation sites (tertiary alicyclic amines) is 1. The molecule has 0 aliphatic carbocycles. The lowest BCUT2D eigenvalue weighted by Gasteiger charge is -2.16. The third-order valence-corrected chi connectivity index (χ3v) is 3.84. The molecule has 0 radical (unpaired) electrons. The van der Waals surface area contributed by atoms with Gasteiger partial charge < -0.3 is 10.2 Å². The van der Waals surface area contributed by atoms with E-state index in [0.29, 0.717) is 11.0 Å². The lowest BCUT2D eigenvalue weighted by Crippen LogP contribution is -2.33. The molecule has 1 aromatic rings. The van der Waals surface area contributed by atoms with Gasteiger partial charge in [0, 0.05) is 25.1 Å². The number of nitrogens with one attached hydrogen (secondary N) is 1. The molecule has 0 saturated carbocycles. The normalized spacial score (nSPS) is 14.7. The highest BCUT2D eigenvalue weighted by Crippen LogP contribution is 2.20. The minimum absolute atomic E-state index is 0.119. The van der Waals surface area contributed by atoms with E-state index in [1.165, 1.54) is 0 Å². The van der Waals surface area contributed by atoms with Crippen molar-refractivity contribution in [2.45, 2.75) is 39.5 Å². The van der Waals surface area contributed by atoms with E-state index in [2.05, 4.69) is 22.2 Å². The van der Waals surface area contributed by atoms with E-state index < -0.39 is 0 Å². The number of carbonyl (C=O) groups is 1. The molecule has 1 N–H and O–H groups in total. The third kappa shape index (κ3) is 3.60. The molecule has 0 atom stereocenters. The fourth-order valence-electron chi connectivity index (χ4n) is 2.28. The number of nitrogens with zero attached hydrogens (tertiary/aromatic N) is 3. The van der Waals surface area contributed by atoms with Crippen molar-refractivity contribution >= 4 is 23.3 Å². The quantitative estimate of drug-likeness (QED) is 0.848. The van der Waals surface area contributed by atoms with Crippen molar-refractivity contribution in [3.63, 3.8) is 0 Å². The Morgan fingerprint density at radius 2 is 2.05 bits per heavy atom. The highest BCUT2D eigenvalue weighted by molar-refractivity contribution is 6.30. The van der Waals surface area contributed by atoms with Gasteiger partial charge in [0.05, 0.1) is 6.54 Å². The average molecular weight is 297 g/mol. The number of amides is 1. The zero-order chi connectivity index (χ0) is 14.5. The molecule has 0 bridgehead atoms. The van der Waals surface area contributed by atoms with Crippen LogP contribution < -0.4 is 5.32 Å². The summed E-state index contributed by atoms with van der Waals surface area (Å²) in [6.07, 6.45) is 3.95. The molecule has 1 aromatic heterocycles. The SMILES string of the molecule is CCCc1nc(Cl)c(C)c(NCC(=O)N2CCCC2)n1. The van der Waals surface area contributed by atoms with Gasteiger partial charge in [-0.2, -0.15) is 0 Å². The second-order valence-corrected chi connectivity index (χ2v) is 5.45. The second kappa shape index (κ2) is 6.88. The Morgan fingerprint density at radius 3 is 2.70 bits per heavy atom. The van der Waals surface area contributed by atoms with Crippen molar-refractivity contribution < 1.29 is 4.79 Å². The maximum Gasteiger partial charge on any atom is 0.241 e. The fourth-order valence-corrected chi connectivity index (χ4v) is 2.47. The molecule has 2 heterocycles. The maximum absolute atomic E-state index is 12.0. The minimum atomic E-state index is 0.119. The van der Waals surface area contributed by atoms with E-state index in [4.69, 9.17) is 11.6 Å². The fraction of sp³-hybridized carbons (Fsp3) is 0.643. The monoisotopic (exact) mass is 296 g/mol. The standard InChI is InChI=1S/C14H21ClN4O/c1-3-6-11-17-13(15)10(2)14(18-11)16-9-12(20)19-7-4-5-8-19/h3-9H2,1-2H3,(H,16,17,18). The van der Waals surface area contributed by atoms with Gasteiger partial charge in [0.1, 0.15) is 16.8 Å². The van der Waals surface area contributed by atoms with Crippen LogP contribution in [0.1, 0.15) is 37.6 Å². The summed E-state index contributed by atoms with van der Waals surface area (Å²) >= 11 is 6.11. The molecule has 0 unspecified atom stereocenters. The summed E-state index contributed by atoms with van der Waals surface area (Å²) in [6.45, 7) is 5.93. The first-order valence-electron chi connectivity index (χ1n) is 7.16. The summed E-state index contributed by atoms with van der Waals surface area (Å²) in [7, 11) is 0. The predicted molar refractivity (Wildman–Crippen MR) is 80.1 cm³/mol. The van der Waals surface area contributed by atoms with Crippen molar-refractivity contribution in [1.29, 1.82) is 0 Å². The van der Waals surface area contributed by atoms with Crippen molar-refractivity contribution in [2.75, 3.05) is 25.0 Å². The van der Waals surface area contributed by atoms with Crippen LogP contribution in [-0.4, -0.2) is 40.4 Å². The lowest BCUT2D eigenvalue weighted by molar-refractivity contribution is -0.128. The second-order valence-electron chi connectivity index (χ2n) is 5.10. The lowest BCUT2D eigenvalue weighted by atomic mass is 10.3. The van der Waals surface area contributed by atoms with Crippen molar-refractivity contribution in [3.05, 3.63) is 16.5 Å². The molecule has 2 rings (SSSR count). The van der Waals surface area contributed by atoms with Gasteiger partial charge in [-0.1, -0.05) is 18.5 Å². The average Bonchev–Trinajstić information content (AvgIpc) is 2.95. The van der Waals surface area contributed by atoms with Crippen LogP contribution in [0.4, 0.5) is 5.82 Å². The Morgan fingerprint density at radius 1 is 1.35 bits per heavy atom. The van der Waals surface area contributed by atoms with E-state index in [9.17, 15) is 4.79 Å². The molecule has 20 heavy (non-hydrogen) atoms. The van der Waals surface area contributed by atoms with Gasteiger partial charge in [-0.05, 0) is 26.2 Å². The Balaban J connectivity index is 2.02. The number of halogens is 1. The van der Waals surface area contributed by atoms with Gasteiger partial charge in [0.25, 0.3) is 0 Å². The van der Waals surface area contributed by atoms with Crippen LogP contribution in [-0.2, 0) is 11.2 Å². The summed E-state index contributed by atoms with van der Waals surface area (Å²) in [5, 5.41) is 3.56. The zero-order valence-corrected chi connectivity index (χ0v) is 12.8. The highest BCUT2D eigenvalue weighted by atomic mass is 35.5. The van der Waals surface area contributed by atoms with Crippen LogP contribution in [0.5, 0.6) is 0 Å². The van der Waals surface area contributed by atoms with E-state index >= 15 is 0 Å². The minimum Gasteiger partial charge on any atom is -0.361 e. The number of aryl methyl sites for hydroxylation is 1. The summed E-state index contributed by atoms with van der Waals surface area (Å²) < 4.78 is 0. The Kier molecular flexibility index (Phi) is 5.17. The van der Waals surface area contributed by atoms with Crippen LogP contribution in [0, 0.1) is 6.92 Å². The molecular formula is C14H21ClN4O. The molecule has 0 spiro atoms. The van der Waals surface area contributed by atoms with Crippen LogP contribution in [0.2, 0.25) is 5.15 Å². The molecule has 110 valence electrons. The Labute approximate surface area is 124 Å². The zero-order valence-electron chi connectivity index (χ0n) is 12.1. The molecule has 1 saturated heterocycles. The molecule has 0 aromatic carbocycles. The van der Waals surface area contributed by atoms with Gasteiger partial charge >= 0.3 is 0 Å². The number of hydrogen-bond donors (Lipinski definition) is 1. The number of anilines is 1. The number of rotatable bonds is 5. The van der Waals surface area contributed by atoms with Crippen molar-refractivity contribution in [3.8, 4) is 0 Å². The molecule has 6 heteroatoms. The highest BCUT2D eigenvalue weighted by Gasteiger charge is 2.18. The van der Waals surface area contributed by atoms with Gasteiger partial charge in [-0.25, -0.2) is 9.97 Å². The Bertz CT molecular complexity index is 486. The summed E-state index contributed by atoms with van der Waals surface area (Å²) in [4.78, 5) is 22.6. The van der Waals surface area contributed by atoms with Crippen molar-refractivity contribution in [2.24, 2.45) is 0 Å². The molecule has 1 aliphatic heterocycles. The summed E-state index contributed by atoms with van der Waals surface area (Å²) in [5.41, 5.74) is 0.792. The van der Waals surface area contributed by atoms with Gasteiger partial charge in [0.2, 0.25) is 5.91 Å². The first-order chi connectivity index (χ1) is 9.61. The first-order valence-corrected chi connectivity index (χ1v) is 7.54. The van der Waals surface area contributed by atoms with E-state index in [0.717, 1.165) is 50.2 Å². The molecule has 1 fully saturated rings. The van der Waals surface area contributed by atoms with Crippen LogP contribution >= 0.6 is 11.6 Å². The van der Waals surface area contributed by atoms with Gasteiger partial charge in [0.15, 0.2) is 0 Å². The largest absolute Gasteiger partial charge is 0.361 e. The number of hydrogen-bond acceptors (Lipinski definition) is 4. The molecule has 1 aliphatic rings. The predicted octanol–water partition coefficient (Wildman–Crippen LogP) is 2.43. The van der Waals surface area contributed by atoms with Crippen LogP contribution in [0.3, 0.4) is 0 Å². The molecule has 1 amide bonds. The maximum atomic E-state index is 12.0. The Hall–Kier alpha value is -1.36. The number of carbonyl (C=O) groups excluding carboxylic acids is 1. The van der Waals surface area contributed by atoms with Crippen LogP contribution in [0.15, 0.2) is 0 Å². The van der Waals surface area contributed by atoms with E-state index in [-0.39, 0.29) is 12.5 Å². The molecule has 5 nitrogen and oxygen atoms in total. The van der Waals surface area contributed by atoms with Gasteiger partial charge in [-0.15, -0.1) is 0 Å². The summed E-state index contributed by atoms with van der Waals surface area (Å²) in [6, 6.07) is 0. The van der Waals surface area contributed by atoms with Crippen molar-refractivity contribution in [1.82, 2.24) is 14.9 Å². The topological polar surface area (TPSA) is 58.1 Å². The smallest absolute Gasteiger partial charge is 0.241 e.